The lowest BCUT2D eigenvalue weighted by molar-refractivity contribution is -0.145. The summed E-state index contributed by atoms with van der Waals surface area (Å²) in [4.78, 5) is 34.9. The molecule has 0 fully saturated rings. The fourth-order valence-electron chi connectivity index (χ4n) is 2.19. The van der Waals surface area contributed by atoms with Gasteiger partial charge in [0, 0.05) is 18.2 Å². The molecule has 0 atom stereocenters. The van der Waals surface area contributed by atoms with Crippen molar-refractivity contribution >= 4 is 17.8 Å². The number of amides is 1. The molecule has 0 unspecified atom stereocenters. The summed E-state index contributed by atoms with van der Waals surface area (Å²) in [5.74, 6) is -3.55. The Bertz CT molecular complexity index is 862. The molecule has 1 amide bonds. The lowest BCUT2D eigenvalue weighted by Crippen LogP contribution is -2.27. The van der Waals surface area contributed by atoms with Crippen molar-refractivity contribution in [2.75, 3.05) is 13.7 Å². The zero-order chi connectivity index (χ0) is 20.0. The van der Waals surface area contributed by atoms with E-state index in [4.69, 9.17) is 9.15 Å². The van der Waals surface area contributed by atoms with Crippen LogP contribution in [0.1, 0.15) is 38.7 Å². The van der Waals surface area contributed by atoms with E-state index in [2.05, 4.69) is 10.1 Å². The van der Waals surface area contributed by atoms with Crippen molar-refractivity contribution in [1.29, 1.82) is 0 Å². The SMILES string of the molecule is COC(=O)c1oc(COC(=O)CCNC(=O)c2ccc(F)cc2F)cc1C. The standard InChI is InChI=1S/C18H17F2NO6/c1-10-7-12(27-16(10)18(24)25-2)9-26-15(22)5-6-21-17(23)13-4-3-11(19)8-14(13)20/h3-4,7-8H,5-6,9H2,1-2H3,(H,21,23). The van der Waals surface area contributed by atoms with Gasteiger partial charge in [0.1, 0.15) is 24.0 Å². The third kappa shape index (κ3) is 5.37. The van der Waals surface area contributed by atoms with Gasteiger partial charge in [-0.25, -0.2) is 13.6 Å². The Labute approximate surface area is 153 Å². The van der Waals surface area contributed by atoms with Gasteiger partial charge in [-0.05, 0) is 25.1 Å². The number of aryl methyl sites for hydroxylation is 1. The molecule has 1 heterocycles. The van der Waals surface area contributed by atoms with Gasteiger partial charge in [0.2, 0.25) is 5.76 Å². The van der Waals surface area contributed by atoms with E-state index in [9.17, 15) is 23.2 Å². The van der Waals surface area contributed by atoms with Gasteiger partial charge in [-0.3, -0.25) is 9.59 Å². The summed E-state index contributed by atoms with van der Waals surface area (Å²) in [6.07, 6.45) is -0.169. The van der Waals surface area contributed by atoms with Gasteiger partial charge >= 0.3 is 11.9 Å². The molecule has 1 aromatic heterocycles. The zero-order valence-corrected chi connectivity index (χ0v) is 14.6. The van der Waals surface area contributed by atoms with Crippen LogP contribution >= 0.6 is 0 Å². The number of carbonyl (C=O) groups excluding carboxylic acids is 3. The predicted molar refractivity (Wildman–Crippen MR) is 87.9 cm³/mol. The van der Waals surface area contributed by atoms with E-state index in [1.807, 2.05) is 0 Å². The van der Waals surface area contributed by atoms with E-state index in [1.54, 1.807) is 13.0 Å². The lowest BCUT2D eigenvalue weighted by Gasteiger charge is -2.06. The second kappa shape index (κ2) is 8.93. The molecule has 0 aliphatic rings. The Morgan fingerprint density at radius 2 is 1.93 bits per heavy atom. The summed E-state index contributed by atoms with van der Waals surface area (Å²) in [6.45, 7) is 1.35. The minimum atomic E-state index is -0.996. The molecule has 0 saturated carbocycles. The van der Waals surface area contributed by atoms with E-state index in [0.717, 1.165) is 12.1 Å². The van der Waals surface area contributed by atoms with Crippen LogP contribution in [0.25, 0.3) is 0 Å². The van der Waals surface area contributed by atoms with Gasteiger partial charge in [-0.1, -0.05) is 0 Å². The third-order valence-corrected chi connectivity index (χ3v) is 3.51. The number of carbonyl (C=O) groups is 3. The number of furan rings is 1. The molecule has 9 heteroatoms. The molecule has 7 nitrogen and oxygen atoms in total. The quantitative estimate of drug-likeness (QED) is 0.741. The molecular weight excluding hydrogens is 364 g/mol. The Morgan fingerprint density at radius 1 is 1.19 bits per heavy atom. The predicted octanol–water partition coefficient (Wildman–Crippen LogP) is 2.52. The molecule has 1 aromatic carbocycles. The molecule has 2 aromatic rings. The van der Waals surface area contributed by atoms with Crippen LogP contribution in [0.2, 0.25) is 0 Å². The number of hydrogen-bond acceptors (Lipinski definition) is 6. The first-order valence-electron chi connectivity index (χ1n) is 7.88. The summed E-state index contributed by atoms with van der Waals surface area (Å²) in [5, 5.41) is 2.34. The summed E-state index contributed by atoms with van der Waals surface area (Å²) >= 11 is 0. The molecule has 2 rings (SSSR count). The Balaban J connectivity index is 1.78. The minimum absolute atomic E-state index is 0.0251. The highest BCUT2D eigenvalue weighted by molar-refractivity contribution is 5.94. The van der Waals surface area contributed by atoms with E-state index >= 15 is 0 Å². The number of nitrogens with one attached hydrogen (secondary N) is 1. The number of halogens is 2. The van der Waals surface area contributed by atoms with E-state index in [-0.39, 0.29) is 36.7 Å². The van der Waals surface area contributed by atoms with Crippen LogP contribution in [-0.4, -0.2) is 31.5 Å². The molecule has 0 spiro atoms. The highest BCUT2D eigenvalue weighted by Crippen LogP contribution is 2.16. The second-order valence-electron chi connectivity index (χ2n) is 5.51. The molecule has 27 heavy (non-hydrogen) atoms. The first-order valence-corrected chi connectivity index (χ1v) is 7.88. The molecule has 144 valence electrons. The Hall–Kier alpha value is -3.23. The maximum Gasteiger partial charge on any atom is 0.374 e. The average Bonchev–Trinajstić information content (AvgIpc) is 3.00. The third-order valence-electron chi connectivity index (χ3n) is 3.51. The van der Waals surface area contributed by atoms with Crippen molar-refractivity contribution in [1.82, 2.24) is 5.32 Å². The van der Waals surface area contributed by atoms with Crippen LogP contribution in [0.3, 0.4) is 0 Å². The molecule has 0 aliphatic heterocycles. The van der Waals surface area contributed by atoms with Crippen LogP contribution in [-0.2, 0) is 20.9 Å². The number of methoxy groups -OCH3 is 1. The average molecular weight is 381 g/mol. The molecule has 0 radical (unpaired) electrons. The lowest BCUT2D eigenvalue weighted by atomic mass is 10.2. The maximum atomic E-state index is 13.5. The van der Waals surface area contributed by atoms with Crippen molar-refractivity contribution in [3.63, 3.8) is 0 Å². The fraction of sp³-hybridized carbons (Fsp3) is 0.278. The van der Waals surface area contributed by atoms with Gasteiger partial charge in [-0.15, -0.1) is 0 Å². The number of ether oxygens (including phenoxy) is 2. The summed E-state index contributed by atoms with van der Waals surface area (Å²) in [5.41, 5.74) is 0.215. The minimum Gasteiger partial charge on any atom is -0.463 e. The van der Waals surface area contributed by atoms with Gasteiger partial charge in [0.25, 0.3) is 5.91 Å². The highest BCUT2D eigenvalue weighted by atomic mass is 19.1. The van der Waals surface area contributed by atoms with E-state index < -0.39 is 29.5 Å². The molecular formula is C18H17F2NO6. The first-order chi connectivity index (χ1) is 12.8. The number of rotatable bonds is 7. The topological polar surface area (TPSA) is 94.8 Å². The largest absolute Gasteiger partial charge is 0.463 e. The molecule has 0 saturated heterocycles. The summed E-state index contributed by atoms with van der Waals surface area (Å²) in [6, 6.07) is 4.10. The van der Waals surface area contributed by atoms with Crippen LogP contribution in [0.4, 0.5) is 8.78 Å². The normalized spacial score (nSPS) is 10.4. The van der Waals surface area contributed by atoms with Gasteiger partial charge in [-0.2, -0.15) is 0 Å². The van der Waals surface area contributed by atoms with Gasteiger partial charge in [0.15, 0.2) is 0 Å². The molecule has 0 bridgehead atoms. The zero-order valence-electron chi connectivity index (χ0n) is 14.6. The van der Waals surface area contributed by atoms with Crippen LogP contribution in [0.15, 0.2) is 28.7 Å². The van der Waals surface area contributed by atoms with Gasteiger partial charge < -0.3 is 19.2 Å². The van der Waals surface area contributed by atoms with Crippen molar-refractivity contribution in [2.45, 2.75) is 20.0 Å². The van der Waals surface area contributed by atoms with E-state index in [0.29, 0.717) is 11.6 Å². The maximum absolute atomic E-state index is 13.5. The monoisotopic (exact) mass is 381 g/mol. The van der Waals surface area contributed by atoms with Crippen molar-refractivity contribution in [3.8, 4) is 0 Å². The number of hydrogen-bond donors (Lipinski definition) is 1. The number of esters is 2. The van der Waals surface area contributed by atoms with Crippen LogP contribution < -0.4 is 5.32 Å². The van der Waals surface area contributed by atoms with E-state index in [1.165, 1.54) is 7.11 Å². The molecule has 1 N–H and O–H groups in total. The summed E-state index contributed by atoms with van der Waals surface area (Å²) in [7, 11) is 1.22. The molecule has 0 aliphatic carbocycles. The highest BCUT2D eigenvalue weighted by Gasteiger charge is 2.17. The summed E-state index contributed by atoms with van der Waals surface area (Å²) < 4.78 is 41.1. The van der Waals surface area contributed by atoms with Gasteiger partial charge in [0.05, 0.1) is 19.1 Å². The second-order valence-corrected chi connectivity index (χ2v) is 5.51. The number of benzene rings is 1. The Morgan fingerprint density at radius 3 is 2.59 bits per heavy atom. The smallest absolute Gasteiger partial charge is 0.374 e. The van der Waals surface area contributed by atoms with Crippen LogP contribution in [0, 0.1) is 18.6 Å². The first kappa shape index (κ1) is 20.1. The van der Waals surface area contributed by atoms with Crippen molar-refractivity contribution < 1.29 is 37.1 Å². The Kier molecular flexibility index (Phi) is 6.64. The van der Waals surface area contributed by atoms with Crippen molar-refractivity contribution in [3.05, 3.63) is 58.5 Å². The van der Waals surface area contributed by atoms with Crippen molar-refractivity contribution in [2.24, 2.45) is 0 Å². The van der Waals surface area contributed by atoms with Crippen LogP contribution in [0.5, 0.6) is 0 Å². The fourth-order valence-corrected chi connectivity index (χ4v) is 2.19.